The Hall–Kier alpha value is -2.81. The number of nitrogens with zero attached hydrogens (tertiary/aromatic N) is 4. The van der Waals surface area contributed by atoms with Crippen LogP contribution in [-0.4, -0.2) is 22.1 Å². The Morgan fingerprint density at radius 2 is 2.22 bits per heavy atom. The van der Waals surface area contributed by atoms with Gasteiger partial charge < -0.3 is 0 Å². The molecule has 0 aliphatic rings. The fourth-order valence-corrected chi connectivity index (χ4v) is 1.32. The Labute approximate surface area is 103 Å². The summed E-state index contributed by atoms with van der Waals surface area (Å²) in [4.78, 5) is 19.4. The summed E-state index contributed by atoms with van der Waals surface area (Å²) in [5.74, 6) is -0.456. The number of amides is 1. The highest BCUT2D eigenvalue weighted by Gasteiger charge is 1.98. The van der Waals surface area contributed by atoms with E-state index in [0.29, 0.717) is 5.69 Å². The molecule has 0 atom stereocenters. The summed E-state index contributed by atoms with van der Waals surface area (Å²) < 4.78 is 0. The first-order valence-corrected chi connectivity index (χ1v) is 5.20. The molecule has 0 saturated heterocycles. The molecule has 0 spiro atoms. The molecule has 1 aromatic carbocycles. The minimum Gasteiger partial charge on any atom is -0.272 e. The molecule has 1 heterocycles. The Morgan fingerprint density at radius 3 is 3.00 bits per heavy atom. The minimum atomic E-state index is -0.456. The molecule has 18 heavy (non-hydrogen) atoms. The zero-order chi connectivity index (χ0) is 12.8. The van der Waals surface area contributed by atoms with Gasteiger partial charge in [0, 0.05) is 0 Å². The standard InChI is InChI=1S/C12H9N5O/c13-6-5-12(18)17-15-8-9-7-14-10-3-1-2-4-11(10)16-9/h1-4,7-8H,5H2,(H,17,18)/b15-8+. The average Bonchev–Trinajstić information content (AvgIpc) is 2.39. The lowest BCUT2D eigenvalue weighted by Gasteiger charge is -1.97. The molecule has 6 heteroatoms. The summed E-state index contributed by atoms with van der Waals surface area (Å²) in [7, 11) is 0. The zero-order valence-corrected chi connectivity index (χ0v) is 9.37. The molecule has 0 fully saturated rings. The number of carbonyl (C=O) groups is 1. The topological polar surface area (TPSA) is 91.0 Å². The van der Waals surface area contributed by atoms with E-state index in [9.17, 15) is 4.79 Å². The SMILES string of the molecule is N#CCC(=O)N/N=C/c1cnc2ccccc2n1. The molecular weight excluding hydrogens is 230 g/mol. The summed E-state index contributed by atoms with van der Waals surface area (Å²) >= 11 is 0. The van der Waals surface area contributed by atoms with Crippen LogP contribution in [-0.2, 0) is 4.79 Å². The molecule has 0 unspecified atom stereocenters. The zero-order valence-electron chi connectivity index (χ0n) is 9.37. The van der Waals surface area contributed by atoms with Crippen LogP contribution in [0.15, 0.2) is 35.6 Å². The van der Waals surface area contributed by atoms with Gasteiger partial charge in [-0.1, -0.05) is 12.1 Å². The smallest absolute Gasteiger partial charge is 0.254 e. The minimum absolute atomic E-state index is 0.221. The van der Waals surface area contributed by atoms with Gasteiger partial charge in [0.25, 0.3) is 5.91 Å². The van der Waals surface area contributed by atoms with E-state index in [0.717, 1.165) is 11.0 Å². The second-order valence-corrected chi connectivity index (χ2v) is 3.41. The van der Waals surface area contributed by atoms with Crippen LogP contribution in [0.3, 0.4) is 0 Å². The molecule has 0 aliphatic carbocycles. The third-order valence-corrected chi connectivity index (χ3v) is 2.09. The molecule has 2 aromatic rings. The number of hydrogen-bond acceptors (Lipinski definition) is 5. The Balaban J connectivity index is 2.10. The fraction of sp³-hybridized carbons (Fsp3) is 0.0833. The lowest BCUT2D eigenvalue weighted by atomic mass is 10.3. The van der Waals surface area contributed by atoms with Gasteiger partial charge in [-0.15, -0.1) is 0 Å². The van der Waals surface area contributed by atoms with Gasteiger partial charge in [0.05, 0.1) is 29.5 Å². The number of hydrazone groups is 1. The van der Waals surface area contributed by atoms with E-state index in [2.05, 4.69) is 20.5 Å². The van der Waals surface area contributed by atoms with Crippen LogP contribution in [0.25, 0.3) is 11.0 Å². The second-order valence-electron chi connectivity index (χ2n) is 3.41. The number of aromatic nitrogens is 2. The van der Waals surface area contributed by atoms with Crippen molar-refractivity contribution in [3.63, 3.8) is 0 Å². The number of rotatable bonds is 3. The average molecular weight is 239 g/mol. The number of nitriles is 1. The molecule has 0 aliphatic heterocycles. The van der Waals surface area contributed by atoms with Crippen molar-refractivity contribution in [2.75, 3.05) is 0 Å². The van der Waals surface area contributed by atoms with Gasteiger partial charge >= 0.3 is 0 Å². The highest BCUT2D eigenvalue weighted by molar-refractivity contribution is 5.84. The molecular formula is C12H9N5O. The second kappa shape index (κ2) is 5.50. The van der Waals surface area contributed by atoms with Crippen LogP contribution in [0.1, 0.15) is 12.1 Å². The number of para-hydroxylation sites is 2. The van der Waals surface area contributed by atoms with Crippen molar-refractivity contribution in [3.8, 4) is 6.07 Å². The van der Waals surface area contributed by atoms with Crippen molar-refractivity contribution in [1.82, 2.24) is 15.4 Å². The van der Waals surface area contributed by atoms with Crippen molar-refractivity contribution in [2.45, 2.75) is 6.42 Å². The largest absolute Gasteiger partial charge is 0.272 e. The van der Waals surface area contributed by atoms with E-state index in [-0.39, 0.29) is 6.42 Å². The third-order valence-electron chi connectivity index (χ3n) is 2.09. The predicted molar refractivity (Wildman–Crippen MR) is 65.5 cm³/mol. The number of fused-ring (bicyclic) bond motifs is 1. The maximum Gasteiger partial charge on any atom is 0.254 e. The van der Waals surface area contributed by atoms with E-state index in [1.165, 1.54) is 6.21 Å². The molecule has 1 amide bonds. The van der Waals surface area contributed by atoms with Crippen LogP contribution in [0.5, 0.6) is 0 Å². The first-order valence-electron chi connectivity index (χ1n) is 5.20. The highest BCUT2D eigenvalue weighted by atomic mass is 16.2. The van der Waals surface area contributed by atoms with Gasteiger partial charge in [-0.3, -0.25) is 9.78 Å². The summed E-state index contributed by atoms with van der Waals surface area (Å²) in [6.07, 6.45) is 2.72. The van der Waals surface area contributed by atoms with Crippen molar-refractivity contribution < 1.29 is 4.79 Å². The van der Waals surface area contributed by atoms with E-state index >= 15 is 0 Å². The number of hydrogen-bond donors (Lipinski definition) is 1. The van der Waals surface area contributed by atoms with Crippen LogP contribution in [0, 0.1) is 11.3 Å². The van der Waals surface area contributed by atoms with Gasteiger partial charge in [0.1, 0.15) is 12.1 Å². The van der Waals surface area contributed by atoms with Crippen molar-refractivity contribution in [3.05, 3.63) is 36.2 Å². The molecule has 0 bridgehead atoms. The fourth-order valence-electron chi connectivity index (χ4n) is 1.32. The van der Waals surface area contributed by atoms with E-state index in [1.807, 2.05) is 24.3 Å². The number of nitrogens with one attached hydrogen (secondary N) is 1. The molecule has 0 radical (unpaired) electrons. The molecule has 0 saturated carbocycles. The normalized spacial score (nSPS) is 10.4. The Bertz CT molecular complexity index is 644. The molecule has 88 valence electrons. The van der Waals surface area contributed by atoms with Crippen molar-refractivity contribution >= 4 is 23.2 Å². The monoisotopic (exact) mass is 239 g/mol. The van der Waals surface area contributed by atoms with Gasteiger partial charge in [0.15, 0.2) is 0 Å². The predicted octanol–water partition coefficient (Wildman–Crippen LogP) is 0.994. The summed E-state index contributed by atoms with van der Waals surface area (Å²) in [6.45, 7) is 0. The summed E-state index contributed by atoms with van der Waals surface area (Å²) in [5.41, 5.74) is 4.30. The third kappa shape index (κ3) is 2.86. The van der Waals surface area contributed by atoms with E-state index < -0.39 is 5.91 Å². The molecule has 1 aromatic heterocycles. The van der Waals surface area contributed by atoms with E-state index in [4.69, 9.17) is 5.26 Å². The molecule has 2 rings (SSSR count). The van der Waals surface area contributed by atoms with E-state index in [1.54, 1.807) is 12.3 Å². The quantitative estimate of drug-likeness (QED) is 0.638. The van der Waals surface area contributed by atoms with Gasteiger partial charge in [0.2, 0.25) is 0 Å². The number of benzene rings is 1. The Kier molecular flexibility index (Phi) is 3.56. The first kappa shape index (κ1) is 11.7. The van der Waals surface area contributed by atoms with Crippen LogP contribution >= 0.6 is 0 Å². The lowest BCUT2D eigenvalue weighted by molar-refractivity contribution is -0.120. The maximum absolute atomic E-state index is 11.0. The summed E-state index contributed by atoms with van der Waals surface area (Å²) in [5, 5.41) is 12.0. The first-order chi connectivity index (χ1) is 8.79. The lowest BCUT2D eigenvalue weighted by Crippen LogP contribution is -2.16. The molecule has 6 nitrogen and oxygen atoms in total. The Morgan fingerprint density at radius 1 is 1.44 bits per heavy atom. The van der Waals surface area contributed by atoms with Crippen LogP contribution in [0.4, 0.5) is 0 Å². The van der Waals surface area contributed by atoms with Gasteiger partial charge in [-0.2, -0.15) is 10.4 Å². The van der Waals surface area contributed by atoms with Gasteiger partial charge in [-0.25, -0.2) is 10.4 Å². The van der Waals surface area contributed by atoms with Gasteiger partial charge in [-0.05, 0) is 12.1 Å². The van der Waals surface area contributed by atoms with Crippen molar-refractivity contribution in [1.29, 1.82) is 5.26 Å². The van der Waals surface area contributed by atoms with Crippen molar-refractivity contribution in [2.24, 2.45) is 5.10 Å². The molecule has 1 N–H and O–H groups in total. The maximum atomic E-state index is 11.0. The summed E-state index contributed by atoms with van der Waals surface area (Å²) in [6, 6.07) is 9.18. The highest BCUT2D eigenvalue weighted by Crippen LogP contribution is 2.07. The van der Waals surface area contributed by atoms with Crippen LogP contribution < -0.4 is 5.43 Å². The number of carbonyl (C=O) groups excluding carboxylic acids is 1. The van der Waals surface area contributed by atoms with Crippen LogP contribution in [0.2, 0.25) is 0 Å².